The van der Waals surface area contributed by atoms with Gasteiger partial charge < -0.3 is 19.8 Å². The fourth-order valence-electron chi connectivity index (χ4n) is 1.66. The predicted octanol–water partition coefficient (Wildman–Crippen LogP) is 1.36. The van der Waals surface area contributed by atoms with Gasteiger partial charge >= 0.3 is 5.97 Å². The van der Waals surface area contributed by atoms with Crippen molar-refractivity contribution >= 4 is 40.6 Å². The number of rotatable bonds is 8. The monoisotopic (exact) mass is 358 g/mol. The first kappa shape index (κ1) is 19.2. The Kier molecular flexibility index (Phi) is 9.73. The van der Waals surface area contributed by atoms with Crippen molar-refractivity contribution in [2.45, 2.75) is 32.2 Å². The molecule has 1 heterocycles. The molecule has 0 bridgehead atoms. The summed E-state index contributed by atoms with van der Waals surface area (Å²) in [7, 11) is 1.40. The highest BCUT2D eigenvalue weighted by molar-refractivity contribution is 7.80. The van der Waals surface area contributed by atoms with E-state index < -0.39 is 0 Å². The van der Waals surface area contributed by atoms with Gasteiger partial charge in [-0.2, -0.15) is 0 Å². The Morgan fingerprint density at radius 2 is 1.91 bits per heavy atom. The summed E-state index contributed by atoms with van der Waals surface area (Å²) in [5.41, 5.74) is 5.58. The molecule has 23 heavy (non-hydrogen) atoms. The van der Waals surface area contributed by atoms with E-state index >= 15 is 0 Å². The molecule has 128 valence electrons. The summed E-state index contributed by atoms with van der Waals surface area (Å²) in [5, 5.41) is 6.90. The van der Waals surface area contributed by atoms with E-state index in [0.29, 0.717) is 23.2 Å². The van der Waals surface area contributed by atoms with Gasteiger partial charge in [-0.3, -0.25) is 15.6 Å². The van der Waals surface area contributed by atoms with E-state index in [1.54, 1.807) is 6.26 Å². The quantitative estimate of drug-likeness (QED) is 0.238. The van der Waals surface area contributed by atoms with E-state index in [4.69, 9.17) is 28.9 Å². The van der Waals surface area contributed by atoms with Crippen LogP contribution in [-0.4, -0.2) is 29.8 Å². The summed E-state index contributed by atoms with van der Waals surface area (Å²) in [6, 6.07) is 3.67. The Hall–Kier alpha value is -1.87. The van der Waals surface area contributed by atoms with E-state index in [9.17, 15) is 4.79 Å². The molecular formula is C14H22N4O3S2. The van der Waals surface area contributed by atoms with Crippen LogP contribution in [0.15, 0.2) is 22.8 Å². The van der Waals surface area contributed by atoms with Crippen molar-refractivity contribution in [3.8, 4) is 0 Å². The molecule has 0 saturated carbocycles. The number of nitrogens with one attached hydrogen (secondary N) is 4. The van der Waals surface area contributed by atoms with Crippen molar-refractivity contribution in [3.63, 3.8) is 0 Å². The molecule has 0 unspecified atom stereocenters. The Morgan fingerprint density at radius 1 is 1.17 bits per heavy atom. The largest absolute Gasteiger partial charge is 0.469 e. The highest BCUT2D eigenvalue weighted by Crippen LogP contribution is 2.00. The first-order valence-electron chi connectivity index (χ1n) is 7.28. The lowest BCUT2D eigenvalue weighted by molar-refractivity contribution is -0.140. The van der Waals surface area contributed by atoms with Gasteiger partial charge in [0.2, 0.25) is 0 Å². The number of furan rings is 1. The molecule has 0 atom stereocenters. The van der Waals surface area contributed by atoms with Crippen LogP contribution in [0.25, 0.3) is 0 Å². The van der Waals surface area contributed by atoms with Gasteiger partial charge in [-0.05, 0) is 49.4 Å². The second kappa shape index (κ2) is 11.7. The minimum absolute atomic E-state index is 0.171. The van der Waals surface area contributed by atoms with Gasteiger partial charge in [-0.1, -0.05) is 6.42 Å². The minimum Gasteiger partial charge on any atom is -0.469 e. The number of carbonyl (C=O) groups excluding carboxylic acids is 1. The first-order valence-corrected chi connectivity index (χ1v) is 8.10. The average Bonchev–Trinajstić information content (AvgIpc) is 3.07. The average molecular weight is 358 g/mol. The van der Waals surface area contributed by atoms with Gasteiger partial charge in [0.25, 0.3) is 0 Å². The van der Waals surface area contributed by atoms with Crippen molar-refractivity contribution in [1.82, 2.24) is 21.5 Å². The number of carbonyl (C=O) groups is 1. The maximum absolute atomic E-state index is 10.9. The first-order chi connectivity index (χ1) is 11.1. The van der Waals surface area contributed by atoms with Crippen LogP contribution in [0.5, 0.6) is 0 Å². The number of thiocarbonyl (C=S) groups is 2. The minimum atomic E-state index is -0.171. The zero-order chi connectivity index (χ0) is 16.9. The van der Waals surface area contributed by atoms with Crippen LogP contribution in [0.2, 0.25) is 0 Å². The highest BCUT2D eigenvalue weighted by Gasteiger charge is 2.01. The van der Waals surface area contributed by atoms with Crippen LogP contribution >= 0.6 is 24.4 Å². The number of hydrazine groups is 1. The number of esters is 1. The predicted molar refractivity (Wildman–Crippen MR) is 95.5 cm³/mol. The number of hydrogen-bond donors (Lipinski definition) is 4. The molecule has 0 aliphatic rings. The van der Waals surface area contributed by atoms with Crippen molar-refractivity contribution in [3.05, 3.63) is 24.2 Å². The molecule has 0 fully saturated rings. The van der Waals surface area contributed by atoms with Crippen molar-refractivity contribution in [2.75, 3.05) is 13.7 Å². The van der Waals surface area contributed by atoms with Crippen LogP contribution in [-0.2, 0) is 16.1 Å². The summed E-state index contributed by atoms with van der Waals surface area (Å²) in [6.07, 6.45) is 4.72. The molecule has 0 amide bonds. The van der Waals surface area contributed by atoms with Gasteiger partial charge in [-0.15, -0.1) is 0 Å². The number of hydrogen-bond acceptors (Lipinski definition) is 5. The lowest BCUT2D eigenvalue weighted by atomic mass is 10.2. The number of methoxy groups -OCH3 is 1. The standard InChI is InChI=1S/C14H22N4O3S2/c1-20-12(19)7-3-2-4-8-15-13(22)17-18-14(23)16-10-11-6-5-9-21-11/h5-6,9H,2-4,7-8,10H2,1H3,(H2,15,17,22)(H2,16,18,23). The van der Waals surface area contributed by atoms with E-state index in [1.165, 1.54) is 7.11 Å². The molecule has 0 aliphatic heterocycles. The van der Waals surface area contributed by atoms with Gasteiger partial charge in [0.15, 0.2) is 10.2 Å². The Bertz CT molecular complexity index is 494. The summed E-state index contributed by atoms with van der Waals surface area (Å²) in [5.74, 6) is 0.622. The molecule has 0 aromatic carbocycles. The number of unbranched alkanes of at least 4 members (excludes halogenated alkanes) is 2. The van der Waals surface area contributed by atoms with Crippen LogP contribution in [0, 0.1) is 0 Å². The number of ether oxygens (including phenoxy) is 1. The summed E-state index contributed by atoms with van der Waals surface area (Å²) in [6.45, 7) is 1.22. The second-order valence-electron chi connectivity index (χ2n) is 4.65. The smallest absolute Gasteiger partial charge is 0.305 e. The molecule has 0 spiro atoms. The molecule has 4 N–H and O–H groups in total. The van der Waals surface area contributed by atoms with Crippen molar-refractivity contribution in [2.24, 2.45) is 0 Å². The fourth-order valence-corrected chi connectivity index (χ4v) is 1.93. The summed E-state index contributed by atoms with van der Waals surface area (Å²) < 4.78 is 9.75. The van der Waals surface area contributed by atoms with Crippen LogP contribution in [0.1, 0.15) is 31.4 Å². The Labute approximate surface area is 146 Å². The normalized spacial score (nSPS) is 9.78. The second-order valence-corrected chi connectivity index (χ2v) is 5.47. The van der Waals surface area contributed by atoms with Crippen LogP contribution < -0.4 is 21.5 Å². The topological polar surface area (TPSA) is 87.6 Å². The van der Waals surface area contributed by atoms with Crippen molar-refractivity contribution in [1.29, 1.82) is 0 Å². The summed E-state index contributed by atoms with van der Waals surface area (Å²) >= 11 is 10.2. The van der Waals surface area contributed by atoms with E-state index in [-0.39, 0.29) is 5.97 Å². The molecule has 1 aromatic heterocycles. The molecule has 9 heteroatoms. The maximum atomic E-state index is 10.9. The van der Waals surface area contributed by atoms with E-state index in [1.807, 2.05) is 12.1 Å². The van der Waals surface area contributed by atoms with Gasteiger partial charge in [0.05, 0.1) is 19.9 Å². The van der Waals surface area contributed by atoms with Gasteiger partial charge in [0, 0.05) is 13.0 Å². The molecular weight excluding hydrogens is 336 g/mol. The SMILES string of the molecule is COC(=O)CCCCCNC(=S)NNC(=S)NCc1ccco1. The molecule has 0 radical (unpaired) electrons. The lowest BCUT2D eigenvalue weighted by Crippen LogP contribution is -2.50. The third-order valence-electron chi connectivity index (χ3n) is 2.86. The fraction of sp³-hybridized carbons (Fsp3) is 0.500. The molecule has 0 aliphatic carbocycles. The third-order valence-corrected chi connectivity index (χ3v) is 3.36. The molecule has 7 nitrogen and oxygen atoms in total. The Morgan fingerprint density at radius 3 is 2.57 bits per heavy atom. The molecule has 1 rings (SSSR count). The lowest BCUT2D eigenvalue weighted by Gasteiger charge is -2.13. The van der Waals surface area contributed by atoms with Crippen LogP contribution in [0.4, 0.5) is 0 Å². The van der Waals surface area contributed by atoms with Gasteiger partial charge in [0.1, 0.15) is 5.76 Å². The molecule has 1 aromatic rings. The van der Waals surface area contributed by atoms with Crippen LogP contribution in [0.3, 0.4) is 0 Å². The zero-order valence-electron chi connectivity index (χ0n) is 13.0. The summed E-state index contributed by atoms with van der Waals surface area (Å²) in [4.78, 5) is 10.9. The highest BCUT2D eigenvalue weighted by atomic mass is 32.1. The Balaban J connectivity index is 1.97. The zero-order valence-corrected chi connectivity index (χ0v) is 14.6. The van der Waals surface area contributed by atoms with E-state index in [2.05, 4.69) is 26.2 Å². The van der Waals surface area contributed by atoms with Crippen molar-refractivity contribution < 1.29 is 13.9 Å². The third kappa shape index (κ3) is 9.69. The molecule has 0 saturated heterocycles. The van der Waals surface area contributed by atoms with E-state index in [0.717, 1.165) is 31.6 Å². The maximum Gasteiger partial charge on any atom is 0.305 e. The van der Waals surface area contributed by atoms with Gasteiger partial charge in [-0.25, -0.2) is 0 Å².